The van der Waals surface area contributed by atoms with Crippen LogP contribution in [-0.2, 0) is 0 Å². The Balaban J connectivity index is 2.51. The molecule has 0 aliphatic carbocycles. The maximum absolute atomic E-state index is 12.9. The normalized spacial score (nSPS) is 13.4. The first-order valence-corrected chi connectivity index (χ1v) is 4.44. The van der Waals surface area contributed by atoms with Crippen molar-refractivity contribution in [2.75, 3.05) is 6.54 Å². The molecule has 0 unspecified atom stereocenters. The molecule has 0 saturated heterocycles. The Morgan fingerprint density at radius 3 is 2.86 bits per heavy atom. The van der Waals surface area contributed by atoms with E-state index in [4.69, 9.17) is 11.5 Å². The van der Waals surface area contributed by atoms with Gasteiger partial charge in [-0.25, -0.2) is 4.39 Å². The van der Waals surface area contributed by atoms with Crippen molar-refractivity contribution < 1.29 is 4.39 Å². The molecule has 74 valence electrons. The lowest BCUT2D eigenvalue weighted by atomic mass is 10.2. The van der Waals surface area contributed by atoms with Crippen molar-refractivity contribution in [2.24, 2.45) is 11.5 Å². The summed E-state index contributed by atoms with van der Waals surface area (Å²) in [6, 6.07) is 6.19. The van der Waals surface area contributed by atoms with Crippen molar-refractivity contribution in [3.63, 3.8) is 0 Å². The zero-order valence-corrected chi connectivity index (χ0v) is 7.63. The summed E-state index contributed by atoms with van der Waals surface area (Å²) in [6.07, 6.45) is 0. The number of hydrogen-bond donors (Lipinski definition) is 3. The van der Waals surface area contributed by atoms with Crippen molar-refractivity contribution in [2.45, 2.75) is 6.04 Å². The number of nitrogens with one attached hydrogen (secondary N) is 1. The molecule has 0 aliphatic heterocycles. The summed E-state index contributed by atoms with van der Waals surface area (Å²) in [5.41, 5.74) is 12.9. The Hall–Kier alpha value is -1.39. The number of halogens is 1. The molecule has 0 bridgehead atoms. The molecule has 1 atom stereocenters. The predicted molar refractivity (Wildman–Crippen MR) is 54.2 cm³/mol. The molecule has 4 heteroatoms. The Morgan fingerprint density at radius 2 is 2.14 bits per heavy atom. The highest BCUT2D eigenvalue weighted by Gasteiger charge is 2.07. The van der Waals surface area contributed by atoms with Gasteiger partial charge in [0.1, 0.15) is 5.82 Å². The summed E-state index contributed by atoms with van der Waals surface area (Å²) in [5.74, 6) is -0.246. The highest BCUT2D eigenvalue weighted by atomic mass is 19.1. The fourth-order valence-electron chi connectivity index (χ4n) is 1.45. The van der Waals surface area contributed by atoms with Crippen LogP contribution in [0.3, 0.4) is 0 Å². The van der Waals surface area contributed by atoms with Gasteiger partial charge in [0.05, 0.1) is 6.04 Å². The number of aromatic amines is 1. The Labute approximate surface area is 80.9 Å². The molecule has 1 aromatic carbocycles. The van der Waals surface area contributed by atoms with E-state index in [2.05, 4.69) is 4.98 Å². The van der Waals surface area contributed by atoms with E-state index in [1.54, 1.807) is 6.07 Å². The molecule has 1 aromatic heterocycles. The summed E-state index contributed by atoms with van der Waals surface area (Å²) in [6.45, 7) is 0.370. The van der Waals surface area contributed by atoms with E-state index in [0.29, 0.717) is 6.54 Å². The molecule has 5 N–H and O–H groups in total. The molecule has 0 spiro atoms. The van der Waals surface area contributed by atoms with Gasteiger partial charge in [0.15, 0.2) is 0 Å². The summed E-state index contributed by atoms with van der Waals surface area (Å²) in [5, 5.41) is 0.823. The van der Waals surface area contributed by atoms with Crippen LogP contribution in [0.2, 0.25) is 0 Å². The lowest BCUT2D eigenvalue weighted by molar-refractivity contribution is 0.630. The van der Waals surface area contributed by atoms with Gasteiger partial charge in [-0.1, -0.05) is 0 Å². The van der Waals surface area contributed by atoms with Crippen LogP contribution in [0.15, 0.2) is 24.3 Å². The van der Waals surface area contributed by atoms with Crippen LogP contribution in [0.1, 0.15) is 11.7 Å². The topological polar surface area (TPSA) is 67.8 Å². The van der Waals surface area contributed by atoms with Gasteiger partial charge in [-0.3, -0.25) is 0 Å². The second-order valence-electron chi connectivity index (χ2n) is 3.30. The highest BCUT2D eigenvalue weighted by Crippen LogP contribution is 2.19. The molecule has 0 aliphatic rings. The zero-order chi connectivity index (χ0) is 10.1. The Morgan fingerprint density at radius 1 is 1.36 bits per heavy atom. The van der Waals surface area contributed by atoms with Gasteiger partial charge in [-0.05, 0) is 24.3 Å². The van der Waals surface area contributed by atoms with Crippen molar-refractivity contribution in [1.82, 2.24) is 4.98 Å². The number of hydrogen-bond acceptors (Lipinski definition) is 2. The quantitative estimate of drug-likeness (QED) is 0.672. The van der Waals surface area contributed by atoms with E-state index in [1.807, 2.05) is 6.07 Å². The van der Waals surface area contributed by atoms with Gasteiger partial charge in [0.25, 0.3) is 0 Å². The molecule has 14 heavy (non-hydrogen) atoms. The molecule has 0 radical (unpaired) electrons. The van der Waals surface area contributed by atoms with Crippen molar-refractivity contribution in [1.29, 1.82) is 0 Å². The number of nitrogens with two attached hydrogens (primary N) is 2. The summed E-state index contributed by atoms with van der Waals surface area (Å²) < 4.78 is 12.9. The van der Waals surface area contributed by atoms with Crippen molar-refractivity contribution >= 4 is 10.9 Å². The summed E-state index contributed by atoms with van der Waals surface area (Å²) in [7, 11) is 0. The third-order valence-electron chi connectivity index (χ3n) is 2.26. The maximum atomic E-state index is 12.9. The van der Waals surface area contributed by atoms with Gasteiger partial charge in [-0.2, -0.15) is 0 Å². The first-order valence-electron chi connectivity index (χ1n) is 4.44. The Bertz CT molecular complexity index is 450. The predicted octanol–water partition coefficient (Wildman–Crippen LogP) is 1.27. The molecule has 0 fully saturated rings. The van der Waals surface area contributed by atoms with Crippen LogP contribution in [-0.4, -0.2) is 11.5 Å². The lowest BCUT2D eigenvalue weighted by Crippen LogP contribution is -2.20. The number of aromatic nitrogens is 1. The molecular weight excluding hydrogens is 181 g/mol. The van der Waals surface area contributed by atoms with Gasteiger partial charge < -0.3 is 16.5 Å². The first kappa shape index (κ1) is 9.18. The average molecular weight is 193 g/mol. The van der Waals surface area contributed by atoms with Crippen LogP contribution in [0.5, 0.6) is 0 Å². The smallest absolute Gasteiger partial charge is 0.123 e. The molecule has 3 nitrogen and oxygen atoms in total. The first-order chi connectivity index (χ1) is 6.70. The van der Waals surface area contributed by atoms with E-state index >= 15 is 0 Å². The van der Waals surface area contributed by atoms with E-state index in [0.717, 1.165) is 16.6 Å². The van der Waals surface area contributed by atoms with E-state index in [1.165, 1.54) is 12.1 Å². The van der Waals surface area contributed by atoms with Gasteiger partial charge in [-0.15, -0.1) is 0 Å². The number of H-pyrrole nitrogens is 1. The van der Waals surface area contributed by atoms with Crippen LogP contribution in [0.4, 0.5) is 4.39 Å². The third kappa shape index (κ3) is 1.49. The molecular formula is C10H12FN3. The molecule has 2 rings (SSSR count). The fraction of sp³-hybridized carbons (Fsp3) is 0.200. The number of fused-ring (bicyclic) bond motifs is 1. The monoisotopic (exact) mass is 193 g/mol. The largest absolute Gasteiger partial charge is 0.357 e. The SMILES string of the molecule is NC[C@H](N)c1cc2cc(F)ccc2[nH]1. The van der Waals surface area contributed by atoms with Crippen molar-refractivity contribution in [3.05, 3.63) is 35.8 Å². The zero-order valence-electron chi connectivity index (χ0n) is 7.63. The summed E-state index contributed by atoms with van der Waals surface area (Å²) in [4.78, 5) is 3.10. The minimum atomic E-state index is -0.246. The average Bonchev–Trinajstić information content (AvgIpc) is 2.59. The van der Waals surface area contributed by atoms with Crippen molar-refractivity contribution in [3.8, 4) is 0 Å². The van der Waals surface area contributed by atoms with Crippen LogP contribution in [0.25, 0.3) is 10.9 Å². The molecule has 0 amide bonds. The maximum Gasteiger partial charge on any atom is 0.123 e. The number of rotatable bonds is 2. The molecule has 1 heterocycles. The van der Waals surface area contributed by atoms with Gasteiger partial charge in [0, 0.05) is 23.1 Å². The van der Waals surface area contributed by atoms with Crippen LogP contribution in [0, 0.1) is 5.82 Å². The van der Waals surface area contributed by atoms with Gasteiger partial charge >= 0.3 is 0 Å². The standard InChI is InChI=1S/C10H12FN3/c11-7-1-2-9-6(3-7)4-10(14-9)8(13)5-12/h1-4,8,14H,5,12-13H2/t8-/m0/s1. The van der Waals surface area contributed by atoms with E-state index < -0.39 is 0 Å². The van der Waals surface area contributed by atoms with E-state index in [-0.39, 0.29) is 11.9 Å². The minimum Gasteiger partial charge on any atom is -0.357 e. The summed E-state index contributed by atoms with van der Waals surface area (Å²) >= 11 is 0. The lowest BCUT2D eigenvalue weighted by Gasteiger charge is -2.03. The van der Waals surface area contributed by atoms with E-state index in [9.17, 15) is 4.39 Å². The van der Waals surface area contributed by atoms with Crippen LogP contribution < -0.4 is 11.5 Å². The molecule has 0 saturated carbocycles. The fourth-order valence-corrected chi connectivity index (χ4v) is 1.45. The second kappa shape index (κ2) is 3.40. The van der Waals surface area contributed by atoms with Crippen LogP contribution >= 0.6 is 0 Å². The third-order valence-corrected chi connectivity index (χ3v) is 2.26. The Kier molecular flexibility index (Phi) is 2.23. The number of benzene rings is 1. The van der Waals surface area contributed by atoms with Gasteiger partial charge in [0.2, 0.25) is 0 Å². The second-order valence-corrected chi connectivity index (χ2v) is 3.30. The highest BCUT2D eigenvalue weighted by molar-refractivity contribution is 5.80. The minimum absolute atomic E-state index is 0.217. The molecule has 2 aromatic rings.